The summed E-state index contributed by atoms with van der Waals surface area (Å²) >= 11 is 5.96. The van der Waals surface area contributed by atoms with Crippen LogP contribution in [0, 0.1) is 0 Å². The Bertz CT molecular complexity index is 978. The molecule has 0 atom stereocenters. The van der Waals surface area contributed by atoms with Gasteiger partial charge in [-0.2, -0.15) is 0 Å². The molecule has 1 amide bonds. The first-order valence-electron chi connectivity index (χ1n) is 8.20. The number of carbonyl (C=O) groups is 1. The predicted molar refractivity (Wildman–Crippen MR) is 103 cm³/mol. The molecule has 3 rings (SSSR count). The zero-order chi connectivity index (χ0) is 19.6. The topological polar surface area (TPSA) is 84.9 Å². The van der Waals surface area contributed by atoms with Crippen LogP contribution in [-0.2, 0) is 14.8 Å². The monoisotopic (exact) mass is 410 g/mol. The lowest BCUT2D eigenvalue weighted by atomic mass is 10.2. The number of hydrogen-bond donors (Lipinski definition) is 1. The lowest BCUT2D eigenvalue weighted by molar-refractivity contribution is -0.117. The molecule has 1 N–H and O–H groups in total. The van der Waals surface area contributed by atoms with E-state index < -0.39 is 10.0 Å². The highest BCUT2D eigenvalue weighted by atomic mass is 35.5. The van der Waals surface area contributed by atoms with Gasteiger partial charge in [0.05, 0.1) is 30.5 Å². The van der Waals surface area contributed by atoms with Crippen LogP contribution in [-0.4, -0.2) is 35.1 Å². The molecule has 1 saturated heterocycles. The van der Waals surface area contributed by atoms with Gasteiger partial charge in [-0.3, -0.25) is 9.52 Å². The van der Waals surface area contributed by atoms with E-state index in [9.17, 15) is 13.2 Å². The van der Waals surface area contributed by atoms with Gasteiger partial charge in [0, 0.05) is 18.0 Å². The van der Waals surface area contributed by atoms with Crippen molar-refractivity contribution in [1.29, 1.82) is 0 Å². The molecule has 0 unspecified atom stereocenters. The number of nitrogens with one attached hydrogen (secondary N) is 1. The van der Waals surface area contributed by atoms with E-state index in [0.717, 1.165) is 6.42 Å². The second-order valence-electron chi connectivity index (χ2n) is 5.93. The number of carbonyl (C=O) groups excluding carboxylic acids is 1. The van der Waals surface area contributed by atoms with Crippen molar-refractivity contribution in [2.24, 2.45) is 0 Å². The molecule has 2 aromatic carbocycles. The number of rotatable bonds is 6. The van der Waals surface area contributed by atoms with E-state index in [0.29, 0.717) is 35.2 Å². The van der Waals surface area contributed by atoms with Gasteiger partial charge in [-0.05, 0) is 42.8 Å². The standard InChI is InChI=1S/C18H19ClN2O5S/c1-25-16-7-5-12(19)10-14(16)20-27(23,24)13-6-8-17(26-2)15(11-13)21-9-3-4-18(21)22/h5-8,10-11,20H,3-4,9H2,1-2H3. The van der Waals surface area contributed by atoms with E-state index in [2.05, 4.69) is 4.72 Å². The number of ether oxygens (including phenoxy) is 2. The Morgan fingerprint density at radius 3 is 2.41 bits per heavy atom. The molecule has 0 saturated carbocycles. The molecule has 0 bridgehead atoms. The molecule has 0 aromatic heterocycles. The fourth-order valence-corrected chi connectivity index (χ4v) is 4.17. The minimum atomic E-state index is -3.94. The Kier molecular flexibility index (Phi) is 5.48. The summed E-state index contributed by atoms with van der Waals surface area (Å²) in [6.45, 7) is 0.522. The van der Waals surface area contributed by atoms with E-state index in [1.54, 1.807) is 12.1 Å². The van der Waals surface area contributed by atoms with Crippen LogP contribution in [0.3, 0.4) is 0 Å². The molecular weight excluding hydrogens is 392 g/mol. The average molecular weight is 411 g/mol. The largest absolute Gasteiger partial charge is 0.495 e. The highest BCUT2D eigenvalue weighted by Gasteiger charge is 2.27. The lowest BCUT2D eigenvalue weighted by Crippen LogP contribution is -2.25. The predicted octanol–water partition coefficient (Wildman–Crippen LogP) is 3.28. The number of halogens is 1. The highest BCUT2D eigenvalue weighted by molar-refractivity contribution is 7.92. The summed E-state index contributed by atoms with van der Waals surface area (Å²) in [5.41, 5.74) is 0.653. The third-order valence-electron chi connectivity index (χ3n) is 4.23. The summed E-state index contributed by atoms with van der Waals surface area (Å²) in [6, 6.07) is 9.02. The van der Waals surface area contributed by atoms with Gasteiger partial charge in [0.1, 0.15) is 11.5 Å². The first-order valence-corrected chi connectivity index (χ1v) is 10.1. The van der Waals surface area contributed by atoms with Crippen molar-refractivity contribution < 1.29 is 22.7 Å². The third kappa shape index (κ3) is 3.96. The minimum Gasteiger partial charge on any atom is -0.495 e. The summed E-state index contributed by atoms with van der Waals surface area (Å²) in [7, 11) is -1.03. The van der Waals surface area contributed by atoms with Gasteiger partial charge >= 0.3 is 0 Å². The van der Waals surface area contributed by atoms with Crippen LogP contribution in [0.15, 0.2) is 41.3 Å². The summed E-state index contributed by atoms with van der Waals surface area (Å²) in [5.74, 6) is 0.711. The molecule has 0 aliphatic carbocycles. The van der Waals surface area contributed by atoms with Crippen molar-refractivity contribution in [2.45, 2.75) is 17.7 Å². The zero-order valence-corrected chi connectivity index (χ0v) is 16.4. The third-order valence-corrected chi connectivity index (χ3v) is 5.83. The van der Waals surface area contributed by atoms with Crippen LogP contribution < -0.4 is 19.1 Å². The normalized spacial score (nSPS) is 14.3. The van der Waals surface area contributed by atoms with Crippen molar-refractivity contribution in [3.63, 3.8) is 0 Å². The van der Waals surface area contributed by atoms with E-state index in [1.807, 2.05) is 0 Å². The molecule has 1 aliphatic heterocycles. The van der Waals surface area contributed by atoms with E-state index in [4.69, 9.17) is 21.1 Å². The number of benzene rings is 2. The molecule has 0 radical (unpaired) electrons. The minimum absolute atomic E-state index is 0.0000265. The Morgan fingerprint density at radius 1 is 1.07 bits per heavy atom. The van der Waals surface area contributed by atoms with Gasteiger partial charge in [0.25, 0.3) is 10.0 Å². The molecule has 144 valence electrons. The van der Waals surface area contributed by atoms with Crippen molar-refractivity contribution in [1.82, 2.24) is 0 Å². The maximum atomic E-state index is 12.9. The summed E-state index contributed by atoms with van der Waals surface area (Å²) in [4.78, 5) is 13.6. The number of sulfonamides is 1. The average Bonchev–Trinajstić information content (AvgIpc) is 3.07. The van der Waals surface area contributed by atoms with Crippen molar-refractivity contribution in [3.05, 3.63) is 41.4 Å². The molecule has 1 heterocycles. The van der Waals surface area contributed by atoms with E-state index in [1.165, 1.54) is 43.4 Å². The van der Waals surface area contributed by atoms with Crippen LogP contribution in [0.2, 0.25) is 5.02 Å². The fraction of sp³-hybridized carbons (Fsp3) is 0.278. The first kappa shape index (κ1) is 19.3. The SMILES string of the molecule is COc1ccc(Cl)cc1NS(=O)(=O)c1ccc(OC)c(N2CCCC2=O)c1. The van der Waals surface area contributed by atoms with Crippen LogP contribution in [0.4, 0.5) is 11.4 Å². The quantitative estimate of drug-likeness (QED) is 0.789. The van der Waals surface area contributed by atoms with Gasteiger partial charge in [-0.25, -0.2) is 8.42 Å². The first-order chi connectivity index (χ1) is 12.9. The molecule has 1 aliphatic rings. The van der Waals surface area contributed by atoms with Crippen molar-refractivity contribution in [2.75, 3.05) is 30.4 Å². The van der Waals surface area contributed by atoms with Crippen LogP contribution in [0.5, 0.6) is 11.5 Å². The molecule has 1 fully saturated rings. The van der Waals surface area contributed by atoms with Crippen molar-refractivity contribution >= 4 is 38.9 Å². The maximum absolute atomic E-state index is 12.9. The Balaban J connectivity index is 2.00. The molecule has 2 aromatic rings. The molecule has 0 spiro atoms. The molecular formula is C18H19ClN2O5S. The summed E-state index contributed by atoms with van der Waals surface area (Å²) in [6.07, 6.45) is 1.15. The van der Waals surface area contributed by atoms with Crippen LogP contribution >= 0.6 is 11.6 Å². The van der Waals surface area contributed by atoms with Crippen LogP contribution in [0.1, 0.15) is 12.8 Å². The van der Waals surface area contributed by atoms with Crippen molar-refractivity contribution in [3.8, 4) is 11.5 Å². The number of hydrogen-bond acceptors (Lipinski definition) is 5. The number of amides is 1. The second kappa shape index (κ2) is 7.66. The second-order valence-corrected chi connectivity index (χ2v) is 8.05. The van der Waals surface area contributed by atoms with Crippen LogP contribution in [0.25, 0.3) is 0 Å². The Labute approximate surface area is 162 Å². The fourth-order valence-electron chi connectivity index (χ4n) is 2.91. The molecule has 27 heavy (non-hydrogen) atoms. The van der Waals surface area contributed by atoms with E-state index in [-0.39, 0.29) is 16.5 Å². The summed E-state index contributed by atoms with van der Waals surface area (Å²) in [5, 5.41) is 0.367. The lowest BCUT2D eigenvalue weighted by Gasteiger charge is -2.20. The number of nitrogens with zero attached hydrogens (tertiary/aromatic N) is 1. The molecule has 7 nitrogen and oxygen atoms in total. The Hall–Kier alpha value is -2.45. The van der Waals surface area contributed by atoms with Gasteiger partial charge in [-0.1, -0.05) is 11.6 Å². The maximum Gasteiger partial charge on any atom is 0.262 e. The summed E-state index contributed by atoms with van der Waals surface area (Å²) < 4.78 is 38.7. The van der Waals surface area contributed by atoms with Gasteiger partial charge in [0.15, 0.2) is 0 Å². The smallest absolute Gasteiger partial charge is 0.262 e. The highest BCUT2D eigenvalue weighted by Crippen LogP contribution is 2.35. The Morgan fingerprint density at radius 2 is 1.78 bits per heavy atom. The van der Waals surface area contributed by atoms with E-state index >= 15 is 0 Å². The number of methoxy groups -OCH3 is 2. The van der Waals surface area contributed by atoms with Gasteiger partial charge in [-0.15, -0.1) is 0 Å². The zero-order valence-electron chi connectivity index (χ0n) is 14.9. The number of anilines is 2. The molecule has 9 heteroatoms. The van der Waals surface area contributed by atoms with Gasteiger partial charge < -0.3 is 14.4 Å². The van der Waals surface area contributed by atoms with Gasteiger partial charge in [0.2, 0.25) is 5.91 Å².